The van der Waals surface area contributed by atoms with E-state index < -0.39 is 29.6 Å². The van der Waals surface area contributed by atoms with E-state index in [0.717, 1.165) is 18.6 Å². The van der Waals surface area contributed by atoms with Crippen molar-refractivity contribution in [3.05, 3.63) is 59.7 Å². The fourth-order valence-corrected chi connectivity index (χ4v) is 2.54. The molecule has 1 aliphatic heterocycles. The van der Waals surface area contributed by atoms with Gasteiger partial charge in [0.05, 0.1) is 18.9 Å². The summed E-state index contributed by atoms with van der Waals surface area (Å²) in [6.45, 7) is 2.47. The average Bonchev–Trinajstić information content (AvgIpc) is 2.93. The van der Waals surface area contributed by atoms with Gasteiger partial charge in [0.25, 0.3) is 5.91 Å². The third kappa shape index (κ3) is 5.54. The number of fused-ring (bicyclic) bond motifs is 1. The van der Waals surface area contributed by atoms with Gasteiger partial charge < -0.3 is 19.5 Å². The van der Waals surface area contributed by atoms with Crippen molar-refractivity contribution < 1.29 is 32.6 Å². The summed E-state index contributed by atoms with van der Waals surface area (Å²) in [7, 11) is 0. The van der Waals surface area contributed by atoms with E-state index in [9.17, 15) is 18.4 Å². The van der Waals surface area contributed by atoms with E-state index in [2.05, 4.69) is 5.32 Å². The summed E-state index contributed by atoms with van der Waals surface area (Å²) in [5.74, 6) is -1.95. The first-order valence-corrected chi connectivity index (χ1v) is 8.96. The van der Waals surface area contributed by atoms with Gasteiger partial charge in [0.2, 0.25) is 0 Å². The molecule has 0 aromatic heterocycles. The summed E-state index contributed by atoms with van der Waals surface area (Å²) < 4.78 is 42.6. The van der Waals surface area contributed by atoms with Crippen LogP contribution >= 0.6 is 0 Å². The lowest BCUT2D eigenvalue weighted by atomic mass is 10.2. The van der Waals surface area contributed by atoms with Crippen molar-refractivity contribution in [1.82, 2.24) is 0 Å². The molecule has 0 aliphatic carbocycles. The Morgan fingerprint density at radius 2 is 1.86 bits per heavy atom. The Hall–Kier alpha value is -3.42. The maximum atomic E-state index is 13.6. The molecule has 0 unspecified atom stereocenters. The zero-order valence-corrected chi connectivity index (χ0v) is 15.6. The third-order valence-corrected chi connectivity index (χ3v) is 4.03. The van der Waals surface area contributed by atoms with Gasteiger partial charge in [-0.25, -0.2) is 13.6 Å². The lowest BCUT2D eigenvalue weighted by molar-refractivity contribution is -0.148. The van der Waals surface area contributed by atoms with Crippen LogP contribution in [0.1, 0.15) is 18.9 Å². The fraction of sp³-hybridized carbons (Fsp3) is 0.238. The van der Waals surface area contributed by atoms with E-state index in [4.69, 9.17) is 14.2 Å². The Kier molecular flexibility index (Phi) is 6.43. The second-order valence-corrected chi connectivity index (χ2v) is 6.28. The summed E-state index contributed by atoms with van der Waals surface area (Å²) >= 11 is 0. The monoisotopic (exact) mass is 403 g/mol. The predicted molar refractivity (Wildman–Crippen MR) is 102 cm³/mol. The standard InChI is InChI=1S/C21H19F2NO5/c1-13(21(26)24-17-6-5-15(22)12-16(17)23)29-20(25)8-4-14-3-7-18-19(11-14)28-10-2-9-27-18/h3-8,11-13H,2,9-10H2,1H3,(H,24,26)/b8-4+/t13-/m0/s1. The molecule has 0 saturated heterocycles. The molecule has 1 aliphatic rings. The van der Waals surface area contributed by atoms with Gasteiger partial charge in [-0.2, -0.15) is 0 Å². The zero-order valence-electron chi connectivity index (χ0n) is 15.6. The second kappa shape index (κ2) is 9.18. The van der Waals surface area contributed by atoms with Gasteiger partial charge >= 0.3 is 5.97 Å². The maximum Gasteiger partial charge on any atom is 0.331 e. The van der Waals surface area contributed by atoms with Gasteiger partial charge in [0, 0.05) is 18.6 Å². The molecule has 152 valence electrons. The SMILES string of the molecule is C[C@H](OC(=O)/C=C/c1ccc2c(c1)OCCCO2)C(=O)Nc1ccc(F)cc1F. The predicted octanol–water partition coefficient (Wildman–Crippen LogP) is 3.71. The molecule has 0 bridgehead atoms. The topological polar surface area (TPSA) is 73.9 Å². The van der Waals surface area contributed by atoms with Crippen molar-refractivity contribution >= 4 is 23.6 Å². The van der Waals surface area contributed by atoms with Crippen molar-refractivity contribution in [2.45, 2.75) is 19.4 Å². The van der Waals surface area contributed by atoms with Gasteiger partial charge in [0.15, 0.2) is 17.6 Å². The van der Waals surface area contributed by atoms with Crippen molar-refractivity contribution in [2.75, 3.05) is 18.5 Å². The molecule has 0 spiro atoms. The van der Waals surface area contributed by atoms with Gasteiger partial charge in [-0.05, 0) is 42.8 Å². The van der Waals surface area contributed by atoms with E-state index in [-0.39, 0.29) is 5.69 Å². The highest BCUT2D eigenvalue weighted by atomic mass is 19.1. The van der Waals surface area contributed by atoms with E-state index in [1.165, 1.54) is 19.1 Å². The van der Waals surface area contributed by atoms with Crippen LogP contribution in [0.15, 0.2) is 42.5 Å². The number of ether oxygens (including phenoxy) is 3. The van der Waals surface area contributed by atoms with Crippen LogP contribution < -0.4 is 14.8 Å². The maximum absolute atomic E-state index is 13.6. The molecular formula is C21H19F2NO5. The van der Waals surface area contributed by atoms with E-state index in [0.29, 0.717) is 36.3 Å². The number of anilines is 1. The summed E-state index contributed by atoms with van der Waals surface area (Å²) in [4.78, 5) is 24.0. The van der Waals surface area contributed by atoms with Crippen LogP contribution in [0.4, 0.5) is 14.5 Å². The first-order valence-electron chi connectivity index (χ1n) is 8.96. The molecular weight excluding hydrogens is 384 g/mol. The van der Waals surface area contributed by atoms with Crippen LogP contribution in [0, 0.1) is 11.6 Å². The van der Waals surface area contributed by atoms with Gasteiger partial charge in [-0.1, -0.05) is 6.07 Å². The minimum atomic E-state index is -1.18. The summed E-state index contributed by atoms with van der Waals surface area (Å²) in [6, 6.07) is 7.97. The Labute approximate surface area is 166 Å². The smallest absolute Gasteiger partial charge is 0.331 e. The first kappa shape index (κ1) is 20.3. The Balaban J connectivity index is 1.56. The molecule has 1 atom stereocenters. The first-order chi connectivity index (χ1) is 13.9. The molecule has 2 aromatic carbocycles. The highest BCUT2D eigenvalue weighted by molar-refractivity contribution is 5.96. The van der Waals surface area contributed by atoms with Crippen molar-refractivity contribution in [1.29, 1.82) is 0 Å². The minimum Gasteiger partial charge on any atom is -0.490 e. The van der Waals surface area contributed by atoms with E-state index in [1.54, 1.807) is 18.2 Å². The highest BCUT2D eigenvalue weighted by Crippen LogP contribution is 2.30. The number of hydrogen-bond acceptors (Lipinski definition) is 5. The number of carbonyl (C=O) groups is 2. The number of amides is 1. The third-order valence-electron chi connectivity index (χ3n) is 4.03. The number of rotatable bonds is 5. The molecule has 0 saturated carbocycles. The highest BCUT2D eigenvalue weighted by Gasteiger charge is 2.18. The second-order valence-electron chi connectivity index (χ2n) is 6.28. The Morgan fingerprint density at radius 3 is 2.62 bits per heavy atom. The summed E-state index contributed by atoms with van der Waals surface area (Å²) in [5, 5.41) is 2.24. The molecule has 1 heterocycles. The van der Waals surface area contributed by atoms with Crippen LogP contribution in [0.2, 0.25) is 0 Å². The average molecular weight is 403 g/mol. The fourth-order valence-electron chi connectivity index (χ4n) is 2.54. The van der Waals surface area contributed by atoms with Gasteiger partial charge in [0.1, 0.15) is 11.6 Å². The number of esters is 1. The minimum absolute atomic E-state index is 0.206. The van der Waals surface area contributed by atoms with Gasteiger partial charge in [-0.3, -0.25) is 4.79 Å². The van der Waals surface area contributed by atoms with Crippen LogP contribution in [0.3, 0.4) is 0 Å². The number of benzene rings is 2. The lowest BCUT2D eigenvalue weighted by Gasteiger charge is -2.13. The molecule has 8 heteroatoms. The molecule has 0 radical (unpaired) electrons. The molecule has 29 heavy (non-hydrogen) atoms. The number of carbonyl (C=O) groups excluding carboxylic acids is 2. The summed E-state index contributed by atoms with van der Waals surface area (Å²) in [5.41, 5.74) is 0.485. The van der Waals surface area contributed by atoms with Crippen molar-refractivity contribution in [3.8, 4) is 11.5 Å². The quantitative estimate of drug-likeness (QED) is 0.609. The molecule has 1 N–H and O–H groups in total. The number of halogens is 2. The normalized spacial score (nSPS) is 14.2. The van der Waals surface area contributed by atoms with Crippen molar-refractivity contribution in [3.63, 3.8) is 0 Å². The number of nitrogens with one attached hydrogen (secondary N) is 1. The van der Waals surface area contributed by atoms with E-state index in [1.807, 2.05) is 0 Å². The van der Waals surface area contributed by atoms with Crippen LogP contribution in [0.25, 0.3) is 6.08 Å². The zero-order chi connectivity index (χ0) is 20.8. The van der Waals surface area contributed by atoms with Crippen LogP contribution in [-0.2, 0) is 14.3 Å². The van der Waals surface area contributed by atoms with Crippen LogP contribution in [0.5, 0.6) is 11.5 Å². The van der Waals surface area contributed by atoms with E-state index >= 15 is 0 Å². The number of hydrogen-bond donors (Lipinski definition) is 1. The lowest BCUT2D eigenvalue weighted by Crippen LogP contribution is -2.29. The van der Waals surface area contributed by atoms with Crippen LogP contribution in [-0.4, -0.2) is 31.2 Å². The molecule has 2 aromatic rings. The molecule has 0 fully saturated rings. The summed E-state index contributed by atoms with van der Waals surface area (Å²) in [6.07, 6.45) is 2.29. The van der Waals surface area contributed by atoms with Crippen molar-refractivity contribution in [2.24, 2.45) is 0 Å². The molecule has 6 nitrogen and oxygen atoms in total. The van der Waals surface area contributed by atoms with Gasteiger partial charge in [-0.15, -0.1) is 0 Å². The Morgan fingerprint density at radius 1 is 1.10 bits per heavy atom. The Bertz CT molecular complexity index is 945. The molecule has 3 rings (SSSR count). The largest absolute Gasteiger partial charge is 0.490 e. The molecule has 1 amide bonds.